The first-order valence-electron chi connectivity index (χ1n) is 5.66. The van der Waals surface area contributed by atoms with Crippen LogP contribution in [0.2, 0.25) is 0 Å². The monoisotopic (exact) mass is 343 g/mol. The zero-order valence-electron chi connectivity index (χ0n) is 10.6. The molecule has 1 heterocycles. The molecule has 0 saturated heterocycles. The normalized spacial score (nSPS) is 12.0. The fourth-order valence-electron chi connectivity index (χ4n) is 1.73. The van der Waals surface area contributed by atoms with Gasteiger partial charge in [-0.05, 0) is 36.8 Å². The average molecular weight is 344 g/mol. The summed E-state index contributed by atoms with van der Waals surface area (Å²) in [5, 5.41) is 0. The molecule has 0 bridgehead atoms. The van der Waals surface area contributed by atoms with E-state index in [0.29, 0.717) is 10.7 Å². The second kappa shape index (κ2) is 5.48. The van der Waals surface area contributed by atoms with Crippen LogP contribution in [0.15, 0.2) is 50.4 Å². The van der Waals surface area contributed by atoms with Crippen molar-refractivity contribution in [1.29, 1.82) is 0 Å². The first kappa shape index (κ1) is 14.3. The molecular formula is C13H14BrNO3S. The molecule has 102 valence electrons. The second-order valence-corrected chi connectivity index (χ2v) is 7.18. The van der Waals surface area contributed by atoms with Crippen LogP contribution < -0.4 is 0 Å². The molecule has 0 fully saturated rings. The second-order valence-electron chi connectivity index (χ2n) is 4.25. The van der Waals surface area contributed by atoms with Crippen molar-refractivity contribution in [3.8, 4) is 0 Å². The van der Waals surface area contributed by atoms with Crippen LogP contribution in [0, 0.1) is 6.92 Å². The van der Waals surface area contributed by atoms with Crippen molar-refractivity contribution in [2.45, 2.75) is 18.4 Å². The van der Waals surface area contributed by atoms with Crippen molar-refractivity contribution in [3.05, 3.63) is 52.4 Å². The lowest BCUT2D eigenvalue weighted by Crippen LogP contribution is -2.27. The molecule has 2 rings (SSSR count). The van der Waals surface area contributed by atoms with Gasteiger partial charge >= 0.3 is 0 Å². The van der Waals surface area contributed by atoms with E-state index < -0.39 is 10.0 Å². The molecule has 0 aliphatic carbocycles. The van der Waals surface area contributed by atoms with Gasteiger partial charge < -0.3 is 4.42 Å². The minimum absolute atomic E-state index is 0.210. The summed E-state index contributed by atoms with van der Waals surface area (Å²) in [4.78, 5) is 0.302. The Kier molecular flexibility index (Phi) is 4.13. The maximum absolute atomic E-state index is 12.5. The van der Waals surface area contributed by atoms with Crippen LogP contribution in [0.3, 0.4) is 0 Å². The maximum Gasteiger partial charge on any atom is 0.243 e. The summed E-state index contributed by atoms with van der Waals surface area (Å²) in [7, 11) is -1.99. The predicted octanol–water partition coefficient (Wildman–Crippen LogP) is 3.17. The third kappa shape index (κ3) is 3.08. The summed E-state index contributed by atoms with van der Waals surface area (Å²) in [5.74, 6) is 0.610. The zero-order chi connectivity index (χ0) is 14.0. The van der Waals surface area contributed by atoms with E-state index >= 15 is 0 Å². The number of hydrogen-bond acceptors (Lipinski definition) is 3. The fourth-order valence-corrected chi connectivity index (χ4v) is 3.62. The molecule has 0 atom stereocenters. The molecular weight excluding hydrogens is 330 g/mol. The predicted molar refractivity (Wildman–Crippen MR) is 76.2 cm³/mol. The van der Waals surface area contributed by atoms with Gasteiger partial charge in [0.2, 0.25) is 10.0 Å². The SMILES string of the molecule is Cc1ccc(Br)cc1S(=O)(=O)N(C)Cc1ccco1. The molecule has 0 saturated carbocycles. The van der Waals surface area contributed by atoms with E-state index in [-0.39, 0.29) is 6.54 Å². The van der Waals surface area contributed by atoms with Crippen molar-refractivity contribution in [2.24, 2.45) is 0 Å². The minimum Gasteiger partial charge on any atom is -0.468 e. The highest BCUT2D eigenvalue weighted by molar-refractivity contribution is 9.10. The van der Waals surface area contributed by atoms with Gasteiger partial charge in [-0.15, -0.1) is 0 Å². The Labute approximate surface area is 121 Å². The number of rotatable bonds is 4. The summed E-state index contributed by atoms with van der Waals surface area (Å²) in [6.07, 6.45) is 1.53. The molecule has 1 aromatic heterocycles. The summed E-state index contributed by atoms with van der Waals surface area (Å²) in [6, 6.07) is 8.70. The standard InChI is InChI=1S/C13H14BrNO3S/c1-10-5-6-11(14)8-13(10)19(16,17)15(2)9-12-4-3-7-18-12/h3-8H,9H2,1-2H3. The van der Waals surface area contributed by atoms with E-state index in [1.165, 1.54) is 17.6 Å². The molecule has 0 amide bonds. The first-order valence-corrected chi connectivity index (χ1v) is 7.89. The molecule has 0 unspecified atom stereocenters. The summed E-state index contributed by atoms with van der Waals surface area (Å²) in [6.45, 7) is 1.99. The van der Waals surface area contributed by atoms with Crippen molar-refractivity contribution < 1.29 is 12.8 Å². The van der Waals surface area contributed by atoms with E-state index in [1.54, 1.807) is 31.2 Å². The summed E-state index contributed by atoms with van der Waals surface area (Å²) >= 11 is 3.30. The van der Waals surface area contributed by atoms with Crippen LogP contribution in [0.5, 0.6) is 0 Å². The van der Waals surface area contributed by atoms with Gasteiger partial charge in [-0.3, -0.25) is 0 Å². The Bertz CT molecular complexity index is 665. The van der Waals surface area contributed by atoms with Gasteiger partial charge in [0.1, 0.15) is 5.76 Å². The molecule has 0 spiro atoms. The van der Waals surface area contributed by atoms with Gasteiger partial charge in [-0.1, -0.05) is 22.0 Å². The maximum atomic E-state index is 12.5. The van der Waals surface area contributed by atoms with Crippen LogP contribution >= 0.6 is 15.9 Å². The lowest BCUT2D eigenvalue weighted by Gasteiger charge is -2.17. The van der Waals surface area contributed by atoms with E-state index in [0.717, 1.165) is 10.0 Å². The summed E-state index contributed by atoms with van der Waals surface area (Å²) in [5.41, 5.74) is 0.717. The molecule has 19 heavy (non-hydrogen) atoms. The van der Waals surface area contributed by atoms with Crippen molar-refractivity contribution in [3.63, 3.8) is 0 Å². The van der Waals surface area contributed by atoms with E-state index in [4.69, 9.17) is 4.42 Å². The van der Waals surface area contributed by atoms with Gasteiger partial charge in [0.15, 0.2) is 0 Å². The number of sulfonamides is 1. The van der Waals surface area contributed by atoms with Crippen LogP contribution in [0.1, 0.15) is 11.3 Å². The number of aryl methyl sites for hydroxylation is 1. The van der Waals surface area contributed by atoms with Crippen LogP contribution in [0.25, 0.3) is 0 Å². The number of nitrogens with zero attached hydrogens (tertiary/aromatic N) is 1. The van der Waals surface area contributed by atoms with Gasteiger partial charge in [-0.25, -0.2) is 8.42 Å². The Morgan fingerprint density at radius 1 is 1.32 bits per heavy atom. The molecule has 0 N–H and O–H groups in total. The van der Waals surface area contributed by atoms with Gasteiger partial charge in [-0.2, -0.15) is 4.31 Å². The van der Waals surface area contributed by atoms with E-state index in [1.807, 2.05) is 6.07 Å². The third-order valence-electron chi connectivity index (χ3n) is 2.80. The van der Waals surface area contributed by atoms with Gasteiger partial charge in [0, 0.05) is 11.5 Å². The zero-order valence-corrected chi connectivity index (χ0v) is 13.0. The van der Waals surface area contributed by atoms with E-state index in [2.05, 4.69) is 15.9 Å². The van der Waals surface area contributed by atoms with Gasteiger partial charge in [0.05, 0.1) is 17.7 Å². The Hall–Kier alpha value is -1.11. The summed E-state index contributed by atoms with van der Waals surface area (Å²) < 4.78 is 32.2. The Morgan fingerprint density at radius 3 is 2.68 bits per heavy atom. The van der Waals surface area contributed by atoms with Crippen molar-refractivity contribution in [1.82, 2.24) is 4.31 Å². The lowest BCUT2D eigenvalue weighted by molar-refractivity contribution is 0.406. The lowest BCUT2D eigenvalue weighted by atomic mass is 10.2. The number of benzene rings is 1. The molecule has 0 aliphatic heterocycles. The van der Waals surface area contributed by atoms with Gasteiger partial charge in [0.25, 0.3) is 0 Å². The van der Waals surface area contributed by atoms with Crippen molar-refractivity contribution in [2.75, 3.05) is 7.05 Å². The highest BCUT2D eigenvalue weighted by Gasteiger charge is 2.23. The minimum atomic E-state index is -3.52. The average Bonchev–Trinajstić information content (AvgIpc) is 2.85. The molecule has 0 radical (unpaired) electrons. The van der Waals surface area contributed by atoms with Crippen LogP contribution in [-0.2, 0) is 16.6 Å². The largest absolute Gasteiger partial charge is 0.468 e. The fraction of sp³-hybridized carbons (Fsp3) is 0.231. The number of hydrogen-bond donors (Lipinski definition) is 0. The highest BCUT2D eigenvalue weighted by Crippen LogP contribution is 2.24. The van der Waals surface area contributed by atoms with Crippen molar-refractivity contribution >= 4 is 26.0 Å². The third-order valence-corrected chi connectivity index (χ3v) is 5.24. The topological polar surface area (TPSA) is 50.5 Å². The highest BCUT2D eigenvalue weighted by atomic mass is 79.9. The smallest absolute Gasteiger partial charge is 0.243 e. The Morgan fingerprint density at radius 2 is 2.05 bits per heavy atom. The van der Waals surface area contributed by atoms with E-state index in [9.17, 15) is 8.42 Å². The number of furan rings is 1. The van der Waals surface area contributed by atoms with Crippen LogP contribution in [0.4, 0.5) is 0 Å². The Balaban J connectivity index is 2.33. The van der Waals surface area contributed by atoms with Crippen LogP contribution in [-0.4, -0.2) is 19.8 Å². The molecule has 4 nitrogen and oxygen atoms in total. The molecule has 2 aromatic rings. The quantitative estimate of drug-likeness (QED) is 0.856. The first-order chi connectivity index (χ1) is 8.91. The number of halogens is 1. The molecule has 1 aromatic carbocycles. The molecule has 0 aliphatic rings. The molecule has 6 heteroatoms.